The molecule has 1 aromatic carbocycles. The molecule has 1 aromatic rings. The van der Waals surface area contributed by atoms with Gasteiger partial charge in [0.1, 0.15) is 0 Å². The summed E-state index contributed by atoms with van der Waals surface area (Å²) in [4.78, 5) is 0. The first-order valence-corrected chi connectivity index (χ1v) is 9.83. The summed E-state index contributed by atoms with van der Waals surface area (Å²) in [5.74, 6) is 2.20. The average Bonchev–Trinajstić information content (AvgIpc) is 2.92. The molecule has 3 atom stereocenters. The van der Waals surface area contributed by atoms with Crippen molar-refractivity contribution in [1.29, 1.82) is 0 Å². The van der Waals surface area contributed by atoms with Crippen LogP contribution >= 0.6 is 0 Å². The van der Waals surface area contributed by atoms with Crippen molar-refractivity contribution in [2.75, 3.05) is 0 Å². The summed E-state index contributed by atoms with van der Waals surface area (Å²) < 4.78 is 0. The van der Waals surface area contributed by atoms with Gasteiger partial charge in [-0.2, -0.15) is 0 Å². The smallest absolute Gasteiger partial charge is 0.0187 e. The standard InChI is InChI=1S/C22H28.C2H6/c1-4-19-15-22(17(3)16(19)2)14-18-10-12-21(13-11-18)20-8-6-5-7-9-20;1-2/h6,8-13,17,19,22H,2,4-5,7,14-15H2,1,3H3;1-2H3. The third-order valence-corrected chi connectivity index (χ3v) is 5.68. The second-order valence-electron chi connectivity index (χ2n) is 7.00. The molecule has 24 heavy (non-hydrogen) atoms. The lowest BCUT2D eigenvalue weighted by molar-refractivity contribution is 0.428. The van der Waals surface area contributed by atoms with Gasteiger partial charge in [-0.1, -0.05) is 82.3 Å². The van der Waals surface area contributed by atoms with Gasteiger partial charge in [0.15, 0.2) is 0 Å². The van der Waals surface area contributed by atoms with Gasteiger partial charge in [-0.3, -0.25) is 0 Å². The minimum absolute atomic E-state index is 0.675. The molecule has 3 rings (SSSR count). The van der Waals surface area contributed by atoms with Crippen molar-refractivity contribution >= 4 is 5.57 Å². The molecule has 0 aliphatic heterocycles. The average molecular weight is 323 g/mol. The Morgan fingerprint density at radius 3 is 2.33 bits per heavy atom. The topological polar surface area (TPSA) is 0 Å². The fourth-order valence-electron chi connectivity index (χ4n) is 4.05. The molecule has 0 bridgehead atoms. The second kappa shape index (κ2) is 9.06. The van der Waals surface area contributed by atoms with E-state index < -0.39 is 0 Å². The van der Waals surface area contributed by atoms with E-state index in [-0.39, 0.29) is 0 Å². The summed E-state index contributed by atoms with van der Waals surface area (Å²) >= 11 is 0. The minimum Gasteiger partial charge on any atom is -0.0993 e. The van der Waals surface area contributed by atoms with E-state index in [1.165, 1.54) is 54.4 Å². The predicted octanol–water partition coefficient (Wildman–Crippen LogP) is 7.23. The van der Waals surface area contributed by atoms with Crippen molar-refractivity contribution in [2.45, 2.75) is 59.8 Å². The Bertz CT molecular complexity index is 585. The number of hydrogen-bond acceptors (Lipinski definition) is 0. The molecule has 0 heterocycles. The molecule has 130 valence electrons. The lowest BCUT2D eigenvalue weighted by Gasteiger charge is -2.16. The van der Waals surface area contributed by atoms with E-state index in [1.807, 2.05) is 13.8 Å². The van der Waals surface area contributed by atoms with Crippen molar-refractivity contribution in [3.05, 3.63) is 65.8 Å². The highest BCUT2D eigenvalue weighted by Crippen LogP contribution is 2.43. The summed E-state index contributed by atoms with van der Waals surface area (Å²) in [5, 5.41) is 0. The van der Waals surface area contributed by atoms with Crippen molar-refractivity contribution in [1.82, 2.24) is 0 Å². The first-order chi connectivity index (χ1) is 11.7. The summed E-state index contributed by atoms with van der Waals surface area (Å²) in [6, 6.07) is 9.24. The number of allylic oxidation sites excluding steroid dienone is 5. The molecule has 0 N–H and O–H groups in total. The van der Waals surface area contributed by atoms with E-state index in [4.69, 9.17) is 0 Å². The summed E-state index contributed by atoms with van der Waals surface area (Å²) in [6.45, 7) is 13.0. The fraction of sp³-hybridized carbons (Fsp3) is 0.500. The van der Waals surface area contributed by atoms with Crippen LogP contribution in [0.5, 0.6) is 0 Å². The molecular formula is C24H34. The Balaban J connectivity index is 0.00000100. The molecule has 0 nitrogen and oxygen atoms in total. The Morgan fingerprint density at radius 2 is 1.79 bits per heavy atom. The molecule has 0 saturated heterocycles. The van der Waals surface area contributed by atoms with Crippen molar-refractivity contribution in [3.63, 3.8) is 0 Å². The van der Waals surface area contributed by atoms with Gasteiger partial charge in [0.05, 0.1) is 0 Å². The zero-order chi connectivity index (χ0) is 17.5. The van der Waals surface area contributed by atoms with Gasteiger partial charge in [0.2, 0.25) is 0 Å². The molecule has 2 aliphatic carbocycles. The van der Waals surface area contributed by atoms with Gasteiger partial charge in [-0.15, -0.1) is 0 Å². The van der Waals surface area contributed by atoms with Gasteiger partial charge < -0.3 is 0 Å². The molecule has 0 aromatic heterocycles. The number of hydrogen-bond donors (Lipinski definition) is 0. The van der Waals surface area contributed by atoms with Gasteiger partial charge in [0.25, 0.3) is 0 Å². The lowest BCUT2D eigenvalue weighted by Crippen LogP contribution is -2.08. The van der Waals surface area contributed by atoms with Gasteiger partial charge in [0, 0.05) is 0 Å². The molecule has 0 radical (unpaired) electrons. The SMILES string of the molecule is C=C1C(CC)CC(Cc2ccc(C3=CCCC=C3)cc2)C1C.CC. The minimum atomic E-state index is 0.675. The third-order valence-electron chi connectivity index (χ3n) is 5.68. The molecule has 0 heteroatoms. The largest absolute Gasteiger partial charge is 0.0993 e. The van der Waals surface area contributed by atoms with E-state index in [0.717, 1.165) is 11.8 Å². The van der Waals surface area contributed by atoms with Crippen molar-refractivity contribution in [2.24, 2.45) is 17.8 Å². The van der Waals surface area contributed by atoms with Crippen molar-refractivity contribution in [3.8, 4) is 0 Å². The first-order valence-electron chi connectivity index (χ1n) is 9.83. The Morgan fingerprint density at radius 1 is 1.08 bits per heavy atom. The van der Waals surface area contributed by atoms with Crippen LogP contribution in [0.3, 0.4) is 0 Å². The van der Waals surface area contributed by atoms with Gasteiger partial charge in [-0.25, -0.2) is 0 Å². The molecule has 1 fully saturated rings. The van der Waals surface area contributed by atoms with E-state index in [9.17, 15) is 0 Å². The summed E-state index contributed by atoms with van der Waals surface area (Å²) in [7, 11) is 0. The van der Waals surface area contributed by atoms with E-state index in [1.54, 1.807) is 0 Å². The van der Waals surface area contributed by atoms with Crippen LogP contribution in [-0.4, -0.2) is 0 Å². The Labute approximate surface area is 149 Å². The molecule has 3 unspecified atom stereocenters. The highest BCUT2D eigenvalue weighted by atomic mass is 14.4. The van der Waals surface area contributed by atoms with E-state index in [2.05, 4.69) is 62.9 Å². The van der Waals surface area contributed by atoms with Crippen LogP contribution in [0.4, 0.5) is 0 Å². The maximum absolute atomic E-state index is 4.34. The maximum atomic E-state index is 4.34. The molecule has 0 amide bonds. The lowest BCUT2D eigenvalue weighted by atomic mass is 9.89. The molecular weight excluding hydrogens is 288 g/mol. The third kappa shape index (κ3) is 4.29. The van der Waals surface area contributed by atoms with Gasteiger partial charge >= 0.3 is 0 Å². The van der Waals surface area contributed by atoms with Crippen LogP contribution < -0.4 is 0 Å². The normalized spacial score (nSPS) is 25.9. The summed E-state index contributed by atoms with van der Waals surface area (Å²) in [5.41, 5.74) is 5.70. The second-order valence-corrected chi connectivity index (χ2v) is 7.00. The summed E-state index contributed by atoms with van der Waals surface area (Å²) in [6.07, 6.45) is 13.0. The van der Waals surface area contributed by atoms with E-state index in [0.29, 0.717) is 5.92 Å². The number of rotatable bonds is 4. The Hall–Kier alpha value is -1.56. The fourth-order valence-corrected chi connectivity index (χ4v) is 4.05. The Kier molecular flexibility index (Phi) is 7.09. The highest BCUT2D eigenvalue weighted by Gasteiger charge is 2.33. The van der Waals surface area contributed by atoms with Crippen molar-refractivity contribution < 1.29 is 0 Å². The van der Waals surface area contributed by atoms with Crippen LogP contribution in [0.1, 0.15) is 64.5 Å². The molecule has 1 saturated carbocycles. The maximum Gasteiger partial charge on any atom is -0.0187 e. The first kappa shape index (κ1) is 18.8. The highest BCUT2D eigenvalue weighted by molar-refractivity contribution is 5.74. The van der Waals surface area contributed by atoms with E-state index >= 15 is 0 Å². The quantitative estimate of drug-likeness (QED) is 0.513. The monoisotopic (exact) mass is 322 g/mol. The molecule has 2 aliphatic rings. The zero-order valence-electron chi connectivity index (χ0n) is 16.0. The van der Waals surface area contributed by atoms with Crippen LogP contribution in [0.15, 0.2) is 54.6 Å². The van der Waals surface area contributed by atoms with Crippen LogP contribution in [-0.2, 0) is 6.42 Å². The number of benzene rings is 1. The van der Waals surface area contributed by atoms with Crippen LogP contribution in [0.25, 0.3) is 5.57 Å². The van der Waals surface area contributed by atoms with Gasteiger partial charge in [-0.05, 0) is 66.6 Å². The molecule has 0 spiro atoms. The zero-order valence-corrected chi connectivity index (χ0v) is 16.0. The predicted molar refractivity (Wildman–Crippen MR) is 108 cm³/mol. The van der Waals surface area contributed by atoms with Crippen LogP contribution in [0, 0.1) is 17.8 Å². The van der Waals surface area contributed by atoms with Crippen LogP contribution in [0.2, 0.25) is 0 Å².